The number of nitrogens with zero attached hydrogens (tertiary/aromatic N) is 2. The van der Waals surface area contributed by atoms with E-state index in [-0.39, 0.29) is 5.91 Å². The molecule has 0 bridgehead atoms. The van der Waals surface area contributed by atoms with Crippen molar-refractivity contribution >= 4 is 5.91 Å². The molecule has 0 aromatic heterocycles. The first-order chi connectivity index (χ1) is 7.84. The number of morpholine rings is 2. The van der Waals surface area contributed by atoms with E-state index < -0.39 is 0 Å². The Bertz CT molecular complexity index is 178. The molecule has 0 aromatic rings. The normalized spacial score (nSPS) is 20.9. The summed E-state index contributed by atoms with van der Waals surface area (Å²) in [5.41, 5.74) is 0. The van der Waals surface area contributed by atoms with E-state index >= 15 is 0 Å². The molecule has 93 valence electrons. The van der Waals surface area contributed by atoms with Crippen LogP contribution in [0.15, 0.2) is 0 Å². The molecule has 16 heavy (non-hydrogen) atoms. The molecule has 0 aromatic carbocycles. The van der Waals surface area contributed by atoms with Crippen molar-refractivity contribution in [2.24, 2.45) is 0 Å². The monoisotopic (exact) mass is 229 g/mol. The fourth-order valence-electron chi connectivity index (χ4n) is 1.51. The van der Waals surface area contributed by atoms with Gasteiger partial charge in [-0.3, -0.25) is 4.79 Å². The van der Waals surface area contributed by atoms with Gasteiger partial charge in [-0.15, -0.1) is 0 Å². The molecule has 2 rings (SSSR count). The van der Waals surface area contributed by atoms with Gasteiger partial charge < -0.3 is 14.4 Å². The lowest BCUT2D eigenvalue weighted by Gasteiger charge is -2.26. The average molecular weight is 229 g/mol. The van der Waals surface area contributed by atoms with Crippen LogP contribution in [0.3, 0.4) is 0 Å². The second-order valence-corrected chi connectivity index (χ2v) is 3.63. The Morgan fingerprint density at radius 1 is 1.12 bits per heavy atom. The lowest BCUT2D eigenvalue weighted by molar-refractivity contribution is -0.134. The Morgan fingerprint density at radius 2 is 1.69 bits per heavy atom. The Morgan fingerprint density at radius 3 is 2.06 bits per heavy atom. The maximum absolute atomic E-state index is 11.0. The van der Waals surface area contributed by atoms with Crippen molar-refractivity contribution in [2.45, 2.75) is 13.3 Å². The number of carbonyl (C=O) groups is 1. The first kappa shape index (κ1) is 13.4. The summed E-state index contributed by atoms with van der Waals surface area (Å²) in [7, 11) is 0. The lowest BCUT2D eigenvalue weighted by atomic mass is 10.3. The third-order valence-electron chi connectivity index (χ3n) is 2.45. The standard InChI is InChI=1S/C7H13NO2.C4H8NO/c1-2-7(9)8-3-5-10-6-4-8;1-3-6-4-2-5-1/h2-6H2,1H3;1-4H2. The molecule has 5 heteroatoms. The molecule has 0 unspecified atom stereocenters. The zero-order valence-electron chi connectivity index (χ0n) is 9.98. The molecule has 2 saturated heterocycles. The van der Waals surface area contributed by atoms with E-state index in [0.717, 1.165) is 39.4 Å². The fraction of sp³-hybridized carbons (Fsp3) is 0.909. The second kappa shape index (κ2) is 8.50. The van der Waals surface area contributed by atoms with E-state index in [0.29, 0.717) is 19.6 Å². The summed E-state index contributed by atoms with van der Waals surface area (Å²) in [4.78, 5) is 12.9. The Labute approximate surface area is 97.1 Å². The molecular formula is C11H21N2O3. The highest BCUT2D eigenvalue weighted by atomic mass is 16.5. The van der Waals surface area contributed by atoms with Crippen molar-refractivity contribution in [3.05, 3.63) is 0 Å². The highest BCUT2D eigenvalue weighted by Gasteiger charge is 2.13. The SMILES string of the molecule is C1COCC[N]1.CCC(=O)N1CCOCC1. The Kier molecular flexibility index (Phi) is 7.12. The Hall–Kier alpha value is -0.650. The summed E-state index contributed by atoms with van der Waals surface area (Å²) < 4.78 is 10.1. The van der Waals surface area contributed by atoms with Crippen molar-refractivity contribution < 1.29 is 14.3 Å². The molecule has 5 nitrogen and oxygen atoms in total. The predicted molar refractivity (Wildman–Crippen MR) is 60.4 cm³/mol. The topological polar surface area (TPSA) is 52.9 Å². The van der Waals surface area contributed by atoms with Crippen molar-refractivity contribution in [1.29, 1.82) is 0 Å². The van der Waals surface area contributed by atoms with Gasteiger partial charge in [0.2, 0.25) is 5.91 Å². The van der Waals surface area contributed by atoms with Gasteiger partial charge in [0.25, 0.3) is 0 Å². The van der Waals surface area contributed by atoms with Crippen LogP contribution >= 0.6 is 0 Å². The Balaban J connectivity index is 0.000000181. The zero-order chi connectivity index (χ0) is 11.6. The molecule has 0 spiro atoms. The van der Waals surface area contributed by atoms with Crippen molar-refractivity contribution in [3.8, 4) is 0 Å². The minimum absolute atomic E-state index is 0.239. The minimum atomic E-state index is 0.239. The molecule has 0 saturated carbocycles. The van der Waals surface area contributed by atoms with E-state index in [2.05, 4.69) is 5.32 Å². The van der Waals surface area contributed by atoms with Crippen LogP contribution in [0.1, 0.15) is 13.3 Å². The molecule has 2 aliphatic rings. The molecule has 1 amide bonds. The third-order valence-corrected chi connectivity index (χ3v) is 2.45. The third kappa shape index (κ3) is 5.44. The van der Waals surface area contributed by atoms with Crippen LogP contribution in [0, 0.1) is 0 Å². The summed E-state index contributed by atoms with van der Waals surface area (Å²) in [6.45, 7) is 8.30. The molecule has 0 aliphatic carbocycles. The van der Waals surface area contributed by atoms with Gasteiger partial charge in [-0.05, 0) is 0 Å². The minimum Gasteiger partial charge on any atom is -0.379 e. The van der Waals surface area contributed by atoms with Gasteiger partial charge in [-0.1, -0.05) is 6.92 Å². The number of carbonyl (C=O) groups excluding carboxylic acids is 1. The van der Waals surface area contributed by atoms with Crippen LogP contribution in [0.4, 0.5) is 0 Å². The molecule has 1 radical (unpaired) electrons. The van der Waals surface area contributed by atoms with Crippen LogP contribution in [-0.2, 0) is 14.3 Å². The number of amides is 1. The van der Waals surface area contributed by atoms with E-state index in [1.54, 1.807) is 0 Å². The summed E-state index contributed by atoms with van der Waals surface area (Å²) in [5, 5.41) is 4.05. The first-order valence-electron chi connectivity index (χ1n) is 5.91. The van der Waals surface area contributed by atoms with Gasteiger partial charge in [0, 0.05) is 32.6 Å². The number of hydrogen-bond acceptors (Lipinski definition) is 3. The highest BCUT2D eigenvalue weighted by Crippen LogP contribution is 1.98. The molecule has 2 aliphatic heterocycles. The van der Waals surface area contributed by atoms with Crippen LogP contribution in [0.2, 0.25) is 0 Å². The second-order valence-electron chi connectivity index (χ2n) is 3.63. The summed E-state index contributed by atoms with van der Waals surface area (Å²) >= 11 is 0. The van der Waals surface area contributed by atoms with E-state index in [1.165, 1.54) is 0 Å². The summed E-state index contributed by atoms with van der Waals surface area (Å²) in [6, 6.07) is 0. The van der Waals surface area contributed by atoms with Gasteiger partial charge in [-0.25, -0.2) is 5.32 Å². The van der Waals surface area contributed by atoms with Crippen LogP contribution < -0.4 is 5.32 Å². The van der Waals surface area contributed by atoms with E-state index in [9.17, 15) is 4.79 Å². The molecule has 0 N–H and O–H groups in total. The largest absolute Gasteiger partial charge is 0.379 e. The van der Waals surface area contributed by atoms with E-state index in [1.807, 2.05) is 11.8 Å². The van der Waals surface area contributed by atoms with Crippen LogP contribution in [0.25, 0.3) is 0 Å². The zero-order valence-corrected chi connectivity index (χ0v) is 9.98. The lowest BCUT2D eigenvalue weighted by Crippen LogP contribution is -2.40. The maximum Gasteiger partial charge on any atom is 0.222 e. The number of hydrogen-bond donors (Lipinski definition) is 0. The van der Waals surface area contributed by atoms with Crippen molar-refractivity contribution in [3.63, 3.8) is 0 Å². The van der Waals surface area contributed by atoms with Crippen molar-refractivity contribution in [2.75, 3.05) is 52.6 Å². The average Bonchev–Trinajstić information content (AvgIpc) is 2.41. The highest BCUT2D eigenvalue weighted by molar-refractivity contribution is 5.75. The number of ether oxygens (including phenoxy) is 2. The smallest absolute Gasteiger partial charge is 0.222 e. The van der Waals surface area contributed by atoms with Gasteiger partial charge in [-0.2, -0.15) is 0 Å². The van der Waals surface area contributed by atoms with Gasteiger partial charge in [0.05, 0.1) is 26.4 Å². The van der Waals surface area contributed by atoms with Gasteiger partial charge in [0.15, 0.2) is 0 Å². The van der Waals surface area contributed by atoms with Crippen LogP contribution in [0.5, 0.6) is 0 Å². The fourth-order valence-corrected chi connectivity index (χ4v) is 1.51. The van der Waals surface area contributed by atoms with Gasteiger partial charge in [0.1, 0.15) is 0 Å². The maximum atomic E-state index is 11.0. The summed E-state index contributed by atoms with van der Waals surface area (Å²) in [6.07, 6.45) is 0.611. The molecular weight excluding hydrogens is 208 g/mol. The predicted octanol–water partition coefficient (Wildman–Crippen LogP) is -0.124. The molecule has 2 heterocycles. The van der Waals surface area contributed by atoms with Gasteiger partial charge >= 0.3 is 0 Å². The molecule has 2 fully saturated rings. The van der Waals surface area contributed by atoms with E-state index in [4.69, 9.17) is 9.47 Å². The van der Waals surface area contributed by atoms with Crippen molar-refractivity contribution in [1.82, 2.24) is 10.2 Å². The van der Waals surface area contributed by atoms with Crippen LogP contribution in [-0.4, -0.2) is 63.4 Å². The first-order valence-corrected chi connectivity index (χ1v) is 5.91. The summed E-state index contributed by atoms with van der Waals surface area (Å²) in [5.74, 6) is 0.239. The molecule has 0 atom stereocenters. The number of rotatable bonds is 1. The quantitative estimate of drug-likeness (QED) is 0.629.